The van der Waals surface area contributed by atoms with E-state index < -0.39 is 0 Å². The first-order valence-electron chi connectivity index (χ1n) is 5.97. The molecule has 6 nitrogen and oxygen atoms in total. The summed E-state index contributed by atoms with van der Waals surface area (Å²) >= 11 is 0. The molecule has 0 spiro atoms. The van der Waals surface area contributed by atoms with Crippen LogP contribution in [0.2, 0.25) is 0 Å². The molecule has 1 aromatic heterocycles. The van der Waals surface area contributed by atoms with Gasteiger partial charge in [0.15, 0.2) is 5.82 Å². The highest BCUT2D eigenvalue weighted by Gasteiger charge is 2.16. The zero-order valence-corrected chi connectivity index (χ0v) is 10.1. The van der Waals surface area contributed by atoms with Crippen LogP contribution in [0, 0.1) is 0 Å². The Morgan fingerprint density at radius 1 is 1.47 bits per heavy atom. The van der Waals surface area contributed by atoms with Crippen LogP contribution in [0.4, 0.5) is 11.5 Å². The molecule has 2 rings (SSSR count). The van der Waals surface area contributed by atoms with Crippen LogP contribution in [0.25, 0.3) is 0 Å². The van der Waals surface area contributed by atoms with Gasteiger partial charge in [-0.05, 0) is 19.3 Å². The number of carbonyl (C=O) groups is 1. The van der Waals surface area contributed by atoms with E-state index in [-0.39, 0.29) is 12.5 Å². The Morgan fingerprint density at radius 2 is 2.18 bits per heavy atom. The summed E-state index contributed by atoms with van der Waals surface area (Å²) in [5.74, 6) is 0.701. The predicted octanol–water partition coefficient (Wildman–Crippen LogP) is 0.427. The number of hydrogen-bond acceptors (Lipinski definition) is 4. The number of aryl methyl sites for hydroxylation is 1. The van der Waals surface area contributed by atoms with E-state index >= 15 is 0 Å². The Hall–Kier alpha value is -1.72. The summed E-state index contributed by atoms with van der Waals surface area (Å²) in [6, 6.07) is 0. The van der Waals surface area contributed by atoms with Gasteiger partial charge in [0.2, 0.25) is 5.91 Å². The van der Waals surface area contributed by atoms with Crippen molar-refractivity contribution in [3.63, 3.8) is 0 Å². The zero-order valence-electron chi connectivity index (χ0n) is 10.1. The van der Waals surface area contributed by atoms with Crippen LogP contribution in [0.5, 0.6) is 0 Å². The van der Waals surface area contributed by atoms with Crippen molar-refractivity contribution in [1.29, 1.82) is 0 Å². The maximum atomic E-state index is 11.9. The number of hydrogen-bond donors (Lipinski definition) is 2. The molecule has 0 unspecified atom stereocenters. The van der Waals surface area contributed by atoms with Crippen molar-refractivity contribution >= 4 is 17.4 Å². The lowest BCUT2D eigenvalue weighted by atomic mass is 10.1. The van der Waals surface area contributed by atoms with Gasteiger partial charge in [-0.15, -0.1) is 0 Å². The van der Waals surface area contributed by atoms with Gasteiger partial charge >= 0.3 is 0 Å². The number of aromatic nitrogens is 2. The summed E-state index contributed by atoms with van der Waals surface area (Å²) in [5.41, 5.74) is 6.30. The lowest BCUT2D eigenvalue weighted by Crippen LogP contribution is -2.39. The third-order valence-corrected chi connectivity index (χ3v) is 2.97. The molecule has 1 aliphatic heterocycles. The van der Waals surface area contributed by atoms with Gasteiger partial charge in [0, 0.05) is 26.3 Å². The fourth-order valence-electron chi connectivity index (χ4n) is 2.06. The number of anilines is 2. The number of rotatable bonds is 3. The first-order valence-corrected chi connectivity index (χ1v) is 5.97. The number of nitrogens with one attached hydrogen (secondary N) is 1. The Morgan fingerprint density at radius 3 is 2.76 bits per heavy atom. The molecule has 6 heteroatoms. The molecule has 0 radical (unpaired) electrons. The fourth-order valence-corrected chi connectivity index (χ4v) is 2.06. The van der Waals surface area contributed by atoms with Gasteiger partial charge in [-0.2, -0.15) is 5.10 Å². The van der Waals surface area contributed by atoms with Gasteiger partial charge < -0.3 is 16.0 Å². The number of likely N-dealkylation sites (tertiary alicyclic amines) is 1. The average Bonchev–Trinajstić information content (AvgIpc) is 2.66. The predicted molar refractivity (Wildman–Crippen MR) is 66.5 cm³/mol. The Bertz CT molecular complexity index is 395. The first kappa shape index (κ1) is 11.8. The minimum Gasteiger partial charge on any atom is -0.394 e. The molecule has 0 bridgehead atoms. The van der Waals surface area contributed by atoms with Crippen molar-refractivity contribution in [2.45, 2.75) is 19.3 Å². The van der Waals surface area contributed by atoms with Crippen molar-refractivity contribution in [2.75, 3.05) is 30.7 Å². The highest BCUT2D eigenvalue weighted by molar-refractivity contribution is 5.81. The second-order valence-electron chi connectivity index (χ2n) is 4.40. The second-order valence-corrected chi connectivity index (χ2v) is 4.40. The van der Waals surface area contributed by atoms with Gasteiger partial charge in [-0.1, -0.05) is 0 Å². The summed E-state index contributed by atoms with van der Waals surface area (Å²) in [5, 5.41) is 7.12. The zero-order chi connectivity index (χ0) is 12.3. The van der Waals surface area contributed by atoms with Gasteiger partial charge in [-0.25, -0.2) is 0 Å². The molecule has 1 aliphatic rings. The van der Waals surface area contributed by atoms with Crippen molar-refractivity contribution in [2.24, 2.45) is 7.05 Å². The van der Waals surface area contributed by atoms with Gasteiger partial charge in [0.25, 0.3) is 0 Å². The van der Waals surface area contributed by atoms with Crippen LogP contribution < -0.4 is 11.1 Å². The molecule has 0 aliphatic carbocycles. The highest BCUT2D eigenvalue weighted by Crippen LogP contribution is 2.14. The molecule has 0 atom stereocenters. The SMILES string of the molecule is Cn1cc(N)c(NCC(=O)N2CCCCC2)n1. The number of nitrogens with zero attached hydrogens (tertiary/aromatic N) is 3. The molecule has 1 amide bonds. The van der Waals surface area contributed by atoms with Crippen LogP contribution in [-0.2, 0) is 11.8 Å². The minimum atomic E-state index is 0.120. The number of carbonyl (C=O) groups excluding carboxylic acids is 1. The lowest BCUT2D eigenvalue weighted by Gasteiger charge is -2.26. The van der Waals surface area contributed by atoms with E-state index in [1.165, 1.54) is 6.42 Å². The normalized spacial score (nSPS) is 15.9. The van der Waals surface area contributed by atoms with Gasteiger partial charge in [-0.3, -0.25) is 9.48 Å². The molecule has 17 heavy (non-hydrogen) atoms. The molecule has 1 saturated heterocycles. The Balaban J connectivity index is 1.85. The van der Waals surface area contributed by atoms with Gasteiger partial charge in [0.05, 0.1) is 12.2 Å². The van der Waals surface area contributed by atoms with E-state index in [2.05, 4.69) is 10.4 Å². The molecule has 1 fully saturated rings. The minimum absolute atomic E-state index is 0.120. The topological polar surface area (TPSA) is 76.2 Å². The largest absolute Gasteiger partial charge is 0.394 e. The smallest absolute Gasteiger partial charge is 0.241 e. The average molecular weight is 237 g/mol. The van der Waals surface area contributed by atoms with Crippen LogP contribution in [0.15, 0.2) is 6.20 Å². The van der Waals surface area contributed by atoms with E-state index in [0.29, 0.717) is 11.5 Å². The number of nitrogens with two attached hydrogens (primary N) is 1. The molecule has 0 aromatic carbocycles. The third kappa shape index (κ3) is 2.89. The monoisotopic (exact) mass is 237 g/mol. The molecule has 0 saturated carbocycles. The van der Waals surface area contributed by atoms with Crippen molar-refractivity contribution in [3.05, 3.63) is 6.20 Å². The van der Waals surface area contributed by atoms with E-state index in [1.807, 2.05) is 4.90 Å². The molecular formula is C11H19N5O. The molecule has 94 valence electrons. The van der Waals surface area contributed by atoms with E-state index in [4.69, 9.17) is 5.73 Å². The maximum Gasteiger partial charge on any atom is 0.241 e. The summed E-state index contributed by atoms with van der Waals surface area (Å²) in [6.45, 7) is 2.01. The standard InChI is InChI=1S/C11H19N5O/c1-15-8-9(12)11(14-15)13-7-10(17)16-5-3-2-4-6-16/h8H,2-7,12H2,1H3,(H,13,14). The third-order valence-electron chi connectivity index (χ3n) is 2.97. The van der Waals surface area contributed by atoms with E-state index in [1.54, 1.807) is 17.9 Å². The second kappa shape index (κ2) is 5.07. The maximum absolute atomic E-state index is 11.9. The van der Waals surface area contributed by atoms with Crippen molar-refractivity contribution in [3.8, 4) is 0 Å². The summed E-state index contributed by atoms with van der Waals surface area (Å²) in [4.78, 5) is 13.8. The molecule has 2 heterocycles. The molecule has 1 aromatic rings. The van der Waals surface area contributed by atoms with Crippen LogP contribution >= 0.6 is 0 Å². The fraction of sp³-hybridized carbons (Fsp3) is 0.636. The number of amides is 1. The quantitative estimate of drug-likeness (QED) is 0.799. The van der Waals surface area contributed by atoms with Crippen LogP contribution in [0.1, 0.15) is 19.3 Å². The van der Waals surface area contributed by atoms with Crippen LogP contribution in [0.3, 0.4) is 0 Å². The van der Waals surface area contributed by atoms with Crippen LogP contribution in [-0.4, -0.2) is 40.2 Å². The van der Waals surface area contributed by atoms with Crippen molar-refractivity contribution in [1.82, 2.24) is 14.7 Å². The lowest BCUT2D eigenvalue weighted by molar-refractivity contribution is -0.130. The molecular weight excluding hydrogens is 218 g/mol. The summed E-state index contributed by atoms with van der Waals surface area (Å²) in [7, 11) is 1.80. The Kier molecular flexibility index (Phi) is 3.51. The molecule has 3 N–H and O–H groups in total. The van der Waals surface area contributed by atoms with Gasteiger partial charge in [0.1, 0.15) is 0 Å². The summed E-state index contributed by atoms with van der Waals surface area (Å²) in [6.07, 6.45) is 5.16. The number of nitrogen functional groups attached to an aromatic ring is 1. The Labute approximate surface area is 101 Å². The number of piperidine rings is 1. The van der Waals surface area contributed by atoms with E-state index in [9.17, 15) is 4.79 Å². The summed E-state index contributed by atoms with van der Waals surface area (Å²) < 4.78 is 1.63. The van der Waals surface area contributed by atoms with E-state index in [0.717, 1.165) is 25.9 Å². The highest BCUT2D eigenvalue weighted by atomic mass is 16.2. The first-order chi connectivity index (χ1) is 8.16. The van der Waals surface area contributed by atoms with Crippen molar-refractivity contribution < 1.29 is 4.79 Å².